The molecule has 0 aromatic heterocycles. The van der Waals surface area contributed by atoms with Gasteiger partial charge in [0.15, 0.2) is 6.61 Å². The van der Waals surface area contributed by atoms with E-state index in [4.69, 9.17) is 4.74 Å². The fraction of sp³-hybridized carbons (Fsp3) is 0.364. The van der Waals surface area contributed by atoms with Crippen LogP contribution in [0.25, 0.3) is 0 Å². The van der Waals surface area contributed by atoms with Crippen molar-refractivity contribution in [1.82, 2.24) is 0 Å². The molecule has 0 spiro atoms. The van der Waals surface area contributed by atoms with Crippen molar-refractivity contribution in [3.05, 3.63) is 65.7 Å². The van der Waals surface area contributed by atoms with Crippen LogP contribution in [0.1, 0.15) is 43.2 Å². The van der Waals surface area contributed by atoms with Gasteiger partial charge in [-0.05, 0) is 36.5 Å². The average molecular weight is 351 g/mol. The van der Waals surface area contributed by atoms with Crippen molar-refractivity contribution in [2.75, 3.05) is 18.1 Å². The minimum Gasteiger partial charge on any atom is -0.455 e. The molecule has 0 fully saturated rings. The van der Waals surface area contributed by atoms with Gasteiger partial charge in [-0.3, -0.25) is 9.59 Å². The van der Waals surface area contributed by atoms with Gasteiger partial charge in [-0.1, -0.05) is 61.9 Å². The molecule has 1 aliphatic rings. The predicted octanol–water partition coefficient (Wildman–Crippen LogP) is 4.09. The number of anilines is 1. The summed E-state index contributed by atoms with van der Waals surface area (Å²) in [6.45, 7) is 2.50. The molecule has 1 aliphatic heterocycles. The second kappa shape index (κ2) is 8.65. The Morgan fingerprint density at radius 1 is 1.08 bits per heavy atom. The highest BCUT2D eigenvalue weighted by Gasteiger charge is 2.25. The molecule has 1 heterocycles. The number of ether oxygens (including phenoxy) is 1. The normalized spacial score (nSPS) is 14.4. The van der Waals surface area contributed by atoms with Crippen LogP contribution in [-0.2, 0) is 20.7 Å². The van der Waals surface area contributed by atoms with E-state index >= 15 is 0 Å². The fourth-order valence-corrected chi connectivity index (χ4v) is 3.50. The molecule has 0 radical (unpaired) electrons. The van der Waals surface area contributed by atoms with Crippen LogP contribution in [0.3, 0.4) is 0 Å². The highest BCUT2D eigenvalue weighted by Crippen LogP contribution is 2.27. The molecule has 3 rings (SSSR count). The molecule has 2 aromatic rings. The number of amides is 1. The zero-order valence-corrected chi connectivity index (χ0v) is 15.2. The van der Waals surface area contributed by atoms with Crippen LogP contribution in [0.5, 0.6) is 0 Å². The first-order valence-corrected chi connectivity index (χ1v) is 9.30. The van der Waals surface area contributed by atoms with E-state index in [1.54, 1.807) is 4.90 Å². The average Bonchev–Trinajstić information content (AvgIpc) is 2.70. The number of carbonyl (C=O) groups is 2. The molecule has 0 saturated carbocycles. The Hall–Kier alpha value is -2.62. The smallest absolute Gasteiger partial charge is 0.313 e. The first-order valence-electron chi connectivity index (χ1n) is 9.30. The lowest BCUT2D eigenvalue weighted by molar-refractivity contribution is -0.149. The lowest BCUT2D eigenvalue weighted by Crippen LogP contribution is -2.38. The zero-order chi connectivity index (χ0) is 18.4. The molecule has 2 aromatic carbocycles. The lowest BCUT2D eigenvalue weighted by Gasteiger charge is -2.29. The molecule has 1 unspecified atom stereocenters. The number of carbonyl (C=O) groups excluding carboxylic acids is 2. The quantitative estimate of drug-likeness (QED) is 0.736. The van der Waals surface area contributed by atoms with Gasteiger partial charge in [0.1, 0.15) is 0 Å². The van der Waals surface area contributed by atoms with Crippen molar-refractivity contribution in [1.29, 1.82) is 0 Å². The highest BCUT2D eigenvalue weighted by molar-refractivity contribution is 5.96. The van der Waals surface area contributed by atoms with Crippen molar-refractivity contribution < 1.29 is 14.3 Å². The standard InChI is InChI=1S/C22H25NO3/c1-2-9-19(17-10-4-3-5-11-17)22(25)26-16-21(24)23-15-8-13-18-12-6-7-14-20(18)23/h3-7,10-12,14,19H,2,8-9,13,15-16H2,1H3. The topological polar surface area (TPSA) is 46.6 Å². The summed E-state index contributed by atoms with van der Waals surface area (Å²) in [5.41, 5.74) is 3.05. The van der Waals surface area contributed by atoms with Gasteiger partial charge in [0.05, 0.1) is 5.92 Å². The van der Waals surface area contributed by atoms with Gasteiger partial charge in [-0.25, -0.2) is 0 Å². The Balaban J connectivity index is 1.64. The summed E-state index contributed by atoms with van der Waals surface area (Å²) >= 11 is 0. The maximum atomic E-state index is 12.6. The molecular formula is C22H25NO3. The molecular weight excluding hydrogens is 326 g/mol. The molecule has 26 heavy (non-hydrogen) atoms. The maximum absolute atomic E-state index is 12.6. The Morgan fingerprint density at radius 2 is 1.81 bits per heavy atom. The van der Waals surface area contributed by atoms with Crippen molar-refractivity contribution in [2.45, 2.75) is 38.5 Å². The van der Waals surface area contributed by atoms with Crippen molar-refractivity contribution in [3.8, 4) is 0 Å². The summed E-state index contributed by atoms with van der Waals surface area (Å²) in [5, 5.41) is 0. The third-order valence-corrected chi connectivity index (χ3v) is 4.81. The minimum absolute atomic E-state index is 0.159. The summed E-state index contributed by atoms with van der Waals surface area (Å²) in [4.78, 5) is 26.9. The number of rotatable bonds is 6. The molecule has 0 aliphatic carbocycles. The summed E-state index contributed by atoms with van der Waals surface area (Å²) in [6, 6.07) is 17.6. The molecule has 1 amide bonds. The molecule has 0 bridgehead atoms. The van der Waals surface area contributed by atoms with Gasteiger partial charge in [-0.2, -0.15) is 0 Å². The van der Waals surface area contributed by atoms with Gasteiger partial charge in [-0.15, -0.1) is 0 Å². The largest absolute Gasteiger partial charge is 0.455 e. The van der Waals surface area contributed by atoms with Gasteiger partial charge < -0.3 is 9.64 Å². The van der Waals surface area contributed by atoms with Crippen molar-refractivity contribution in [2.24, 2.45) is 0 Å². The van der Waals surface area contributed by atoms with Crippen LogP contribution in [0.2, 0.25) is 0 Å². The first kappa shape index (κ1) is 18.2. The van der Waals surface area contributed by atoms with Crippen LogP contribution >= 0.6 is 0 Å². The maximum Gasteiger partial charge on any atom is 0.313 e. The number of hydrogen-bond acceptors (Lipinski definition) is 3. The number of hydrogen-bond donors (Lipinski definition) is 0. The predicted molar refractivity (Wildman–Crippen MR) is 102 cm³/mol. The number of nitrogens with zero attached hydrogens (tertiary/aromatic N) is 1. The lowest BCUT2D eigenvalue weighted by atomic mass is 9.95. The Labute approximate surface area is 154 Å². The Kier molecular flexibility index (Phi) is 6.05. The third kappa shape index (κ3) is 4.13. The zero-order valence-electron chi connectivity index (χ0n) is 15.2. The van der Waals surface area contributed by atoms with E-state index in [2.05, 4.69) is 0 Å². The minimum atomic E-state index is -0.323. The molecule has 4 nitrogen and oxygen atoms in total. The highest BCUT2D eigenvalue weighted by atomic mass is 16.5. The second-order valence-electron chi connectivity index (χ2n) is 6.64. The van der Waals surface area contributed by atoms with Crippen LogP contribution in [0, 0.1) is 0 Å². The molecule has 1 atom stereocenters. The number of esters is 1. The number of para-hydroxylation sites is 1. The number of fused-ring (bicyclic) bond motifs is 1. The number of benzene rings is 2. The van der Waals surface area contributed by atoms with E-state index in [1.807, 2.05) is 61.5 Å². The molecule has 0 saturated heterocycles. The van der Waals surface area contributed by atoms with Crippen LogP contribution in [0.4, 0.5) is 5.69 Å². The number of aryl methyl sites for hydroxylation is 1. The van der Waals surface area contributed by atoms with Crippen molar-refractivity contribution in [3.63, 3.8) is 0 Å². The van der Waals surface area contributed by atoms with Crippen molar-refractivity contribution >= 4 is 17.6 Å². The summed E-state index contributed by atoms with van der Waals surface area (Å²) in [6.07, 6.45) is 3.50. The molecule has 4 heteroatoms. The molecule has 136 valence electrons. The fourth-order valence-electron chi connectivity index (χ4n) is 3.50. The van der Waals surface area contributed by atoms with Crippen LogP contribution in [0.15, 0.2) is 54.6 Å². The van der Waals surface area contributed by atoms with E-state index in [0.29, 0.717) is 13.0 Å². The van der Waals surface area contributed by atoms with Gasteiger partial charge in [0, 0.05) is 12.2 Å². The monoisotopic (exact) mass is 351 g/mol. The van der Waals surface area contributed by atoms with Crippen LogP contribution in [-0.4, -0.2) is 25.0 Å². The van der Waals surface area contributed by atoms with Gasteiger partial charge in [0.25, 0.3) is 5.91 Å². The van der Waals surface area contributed by atoms with E-state index in [-0.39, 0.29) is 24.4 Å². The first-order chi connectivity index (χ1) is 12.7. The van der Waals surface area contributed by atoms with Gasteiger partial charge in [0.2, 0.25) is 0 Å². The Morgan fingerprint density at radius 3 is 2.58 bits per heavy atom. The third-order valence-electron chi connectivity index (χ3n) is 4.81. The van der Waals surface area contributed by atoms with E-state index < -0.39 is 0 Å². The SMILES string of the molecule is CCCC(C(=O)OCC(=O)N1CCCc2ccccc21)c1ccccc1. The summed E-state index contributed by atoms with van der Waals surface area (Å²) in [7, 11) is 0. The van der Waals surface area contributed by atoms with E-state index in [9.17, 15) is 9.59 Å². The van der Waals surface area contributed by atoms with E-state index in [0.717, 1.165) is 30.5 Å². The van der Waals surface area contributed by atoms with Gasteiger partial charge >= 0.3 is 5.97 Å². The second-order valence-corrected chi connectivity index (χ2v) is 6.64. The Bertz CT molecular complexity index is 757. The summed E-state index contributed by atoms with van der Waals surface area (Å²) < 4.78 is 5.41. The summed E-state index contributed by atoms with van der Waals surface area (Å²) in [5.74, 6) is -0.798. The molecule has 0 N–H and O–H groups in total. The van der Waals surface area contributed by atoms with E-state index in [1.165, 1.54) is 5.56 Å². The van der Waals surface area contributed by atoms with Crippen LogP contribution < -0.4 is 4.90 Å².